The Balaban J connectivity index is 2.69. The number of nitro groups is 1. The topological polar surface area (TPSA) is 75.5 Å². The molecular weight excluding hydrogens is 270 g/mol. The van der Waals surface area contributed by atoms with Gasteiger partial charge in [0, 0.05) is 31.1 Å². The maximum absolute atomic E-state index is 12.2. The Bertz CT molecular complexity index is 472. The third-order valence-electron chi connectivity index (χ3n) is 3.26. The number of hydrogen-bond acceptors (Lipinski definition) is 4. The Hall–Kier alpha value is -1.95. The van der Waals surface area contributed by atoms with Crippen LogP contribution >= 0.6 is 0 Å². The lowest BCUT2D eigenvalue weighted by atomic mass is 10.1. The summed E-state index contributed by atoms with van der Waals surface area (Å²) in [6.45, 7) is 5.24. The first kappa shape index (κ1) is 17.1. The number of amides is 1. The molecule has 1 N–H and O–H groups in total. The highest BCUT2D eigenvalue weighted by Crippen LogP contribution is 2.15. The van der Waals surface area contributed by atoms with Crippen molar-refractivity contribution in [2.24, 2.45) is 0 Å². The summed E-state index contributed by atoms with van der Waals surface area (Å²) in [4.78, 5) is 24.2. The van der Waals surface area contributed by atoms with Crippen molar-refractivity contribution in [3.63, 3.8) is 0 Å². The van der Waals surface area contributed by atoms with Crippen LogP contribution in [0.2, 0.25) is 0 Å². The van der Waals surface area contributed by atoms with Crippen LogP contribution in [0.1, 0.15) is 32.3 Å². The molecule has 116 valence electrons. The highest BCUT2D eigenvalue weighted by Gasteiger charge is 2.17. The molecule has 0 heterocycles. The van der Waals surface area contributed by atoms with E-state index >= 15 is 0 Å². The van der Waals surface area contributed by atoms with Gasteiger partial charge in [-0.05, 0) is 39.4 Å². The molecule has 0 aliphatic carbocycles. The van der Waals surface area contributed by atoms with Crippen molar-refractivity contribution in [2.75, 3.05) is 13.6 Å². The van der Waals surface area contributed by atoms with Gasteiger partial charge >= 0.3 is 0 Å². The molecule has 1 amide bonds. The van der Waals surface area contributed by atoms with E-state index in [1.165, 1.54) is 12.1 Å². The van der Waals surface area contributed by atoms with Gasteiger partial charge < -0.3 is 10.2 Å². The first-order valence-corrected chi connectivity index (χ1v) is 7.13. The summed E-state index contributed by atoms with van der Waals surface area (Å²) in [6.07, 6.45) is 1.31. The monoisotopic (exact) mass is 293 g/mol. The highest BCUT2D eigenvalue weighted by molar-refractivity contribution is 5.76. The fraction of sp³-hybridized carbons (Fsp3) is 0.533. The van der Waals surface area contributed by atoms with Crippen LogP contribution in [0.3, 0.4) is 0 Å². The highest BCUT2D eigenvalue weighted by atomic mass is 16.6. The van der Waals surface area contributed by atoms with E-state index < -0.39 is 4.92 Å². The van der Waals surface area contributed by atoms with Gasteiger partial charge in [-0.15, -0.1) is 0 Å². The fourth-order valence-electron chi connectivity index (χ4n) is 2.04. The van der Waals surface area contributed by atoms with Crippen LogP contribution < -0.4 is 5.32 Å². The molecule has 0 unspecified atom stereocenters. The minimum atomic E-state index is -0.424. The molecule has 0 aromatic heterocycles. The smallest absolute Gasteiger partial charge is 0.269 e. The largest absolute Gasteiger partial charge is 0.336 e. The van der Waals surface area contributed by atoms with Crippen molar-refractivity contribution in [3.05, 3.63) is 39.9 Å². The lowest BCUT2D eigenvalue weighted by Crippen LogP contribution is -2.36. The zero-order valence-electron chi connectivity index (χ0n) is 12.8. The zero-order chi connectivity index (χ0) is 15.8. The number of non-ortho nitro benzene ring substituents is 1. The van der Waals surface area contributed by atoms with Crippen LogP contribution in [0, 0.1) is 10.1 Å². The number of benzene rings is 1. The SMILES string of the molecule is CNCCCC(=O)N(Cc1ccc([N+](=O)[O-])cc1)C(C)C. The molecule has 6 heteroatoms. The van der Waals surface area contributed by atoms with Crippen LogP contribution in [0.25, 0.3) is 0 Å². The van der Waals surface area contributed by atoms with E-state index in [0.717, 1.165) is 18.5 Å². The van der Waals surface area contributed by atoms with Crippen molar-refractivity contribution in [3.8, 4) is 0 Å². The first-order chi connectivity index (χ1) is 9.95. The maximum atomic E-state index is 12.2. The zero-order valence-corrected chi connectivity index (χ0v) is 12.8. The first-order valence-electron chi connectivity index (χ1n) is 7.13. The predicted octanol–water partition coefficient (Wildman–Crippen LogP) is 2.33. The average Bonchev–Trinajstić information content (AvgIpc) is 2.45. The Morgan fingerprint density at radius 3 is 2.43 bits per heavy atom. The molecule has 6 nitrogen and oxygen atoms in total. The molecule has 1 aromatic rings. The Morgan fingerprint density at radius 2 is 1.95 bits per heavy atom. The van der Waals surface area contributed by atoms with Gasteiger partial charge in [-0.3, -0.25) is 14.9 Å². The molecule has 21 heavy (non-hydrogen) atoms. The molecule has 0 aliphatic rings. The molecule has 0 bridgehead atoms. The minimum absolute atomic E-state index is 0.0650. The van der Waals surface area contributed by atoms with Crippen molar-refractivity contribution >= 4 is 11.6 Å². The van der Waals surface area contributed by atoms with E-state index in [9.17, 15) is 14.9 Å². The van der Waals surface area contributed by atoms with Crippen molar-refractivity contribution in [1.29, 1.82) is 0 Å². The van der Waals surface area contributed by atoms with Crippen LogP contribution in [-0.4, -0.2) is 35.4 Å². The van der Waals surface area contributed by atoms with Crippen LogP contribution in [0.5, 0.6) is 0 Å². The lowest BCUT2D eigenvalue weighted by molar-refractivity contribution is -0.384. The maximum Gasteiger partial charge on any atom is 0.269 e. The molecule has 0 atom stereocenters. The standard InChI is InChI=1S/C15H23N3O3/c1-12(2)17(15(19)5-4-10-16-3)11-13-6-8-14(9-7-13)18(20)21/h6-9,12,16H,4-5,10-11H2,1-3H3. The number of nitrogens with zero attached hydrogens (tertiary/aromatic N) is 2. The third kappa shape index (κ3) is 5.51. The molecule has 0 fully saturated rings. The van der Waals surface area contributed by atoms with E-state index in [1.54, 1.807) is 17.0 Å². The normalized spacial score (nSPS) is 10.7. The summed E-state index contributed by atoms with van der Waals surface area (Å²) in [7, 11) is 1.86. The van der Waals surface area contributed by atoms with Gasteiger partial charge in [0.2, 0.25) is 5.91 Å². The van der Waals surface area contributed by atoms with Crippen molar-refractivity contribution < 1.29 is 9.72 Å². The average molecular weight is 293 g/mol. The van der Waals surface area contributed by atoms with Gasteiger partial charge in [-0.25, -0.2) is 0 Å². The Kier molecular flexibility index (Phi) is 6.81. The predicted molar refractivity (Wildman–Crippen MR) is 81.9 cm³/mol. The Morgan fingerprint density at radius 1 is 1.33 bits per heavy atom. The van der Waals surface area contributed by atoms with E-state index in [2.05, 4.69) is 5.32 Å². The van der Waals surface area contributed by atoms with E-state index in [0.29, 0.717) is 13.0 Å². The fourth-order valence-corrected chi connectivity index (χ4v) is 2.04. The number of rotatable bonds is 8. The van der Waals surface area contributed by atoms with Gasteiger partial charge in [0.05, 0.1) is 4.92 Å². The van der Waals surface area contributed by atoms with Crippen LogP contribution in [0.4, 0.5) is 5.69 Å². The van der Waals surface area contributed by atoms with E-state index in [4.69, 9.17) is 0 Å². The second-order valence-corrected chi connectivity index (χ2v) is 5.25. The summed E-state index contributed by atoms with van der Waals surface area (Å²) in [5.74, 6) is 0.110. The number of carbonyl (C=O) groups is 1. The van der Waals surface area contributed by atoms with Gasteiger partial charge in [0.1, 0.15) is 0 Å². The van der Waals surface area contributed by atoms with Gasteiger partial charge in [0.15, 0.2) is 0 Å². The molecule has 0 saturated carbocycles. The minimum Gasteiger partial charge on any atom is -0.336 e. The third-order valence-corrected chi connectivity index (χ3v) is 3.26. The summed E-state index contributed by atoms with van der Waals surface area (Å²) < 4.78 is 0. The molecule has 0 aliphatic heterocycles. The quantitative estimate of drug-likeness (QED) is 0.453. The summed E-state index contributed by atoms with van der Waals surface area (Å²) in [6, 6.07) is 6.45. The van der Waals surface area contributed by atoms with Crippen LogP contribution in [-0.2, 0) is 11.3 Å². The number of nitrogens with one attached hydrogen (secondary N) is 1. The van der Waals surface area contributed by atoms with Crippen LogP contribution in [0.15, 0.2) is 24.3 Å². The van der Waals surface area contributed by atoms with Gasteiger partial charge in [-0.1, -0.05) is 12.1 Å². The molecule has 0 spiro atoms. The summed E-state index contributed by atoms with van der Waals surface area (Å²) in [5, 5.41) is 13.7. The second-order valence-electron chi connectivity index (χ2n) is 5.25. The number of nitro benzene ring substituents is 1. The molecule has 0 saturated heterocycles. The van der Waals surface area contributed by atoms with E-state index in [1.807, 2.05) is 20.9 Å². The Labute approximate surface area is 125 Å². The van der Waals surface area contributed by atoms with Crippen molar-refractivity contribution in [2.45, 2.75) is 39.3 Å². The summed E-state index contributed by atoms with van der Waals surface area (Å²) >= 11 is 0. The molecule has 1 aromatic carbocycles. The second kappa shape index (κ2) is 8.36. The van der Waals surface area contributed by atoms with E-state index in [-0.39, 0.29) is 17.6 Å². The number of carbonyl (C=O) groups excluding carboxylic acids is 1. The molecule has 0 radical (unpaired) electrons. The summed E-state index contributed by atoms with van der Waals surface area (Å²) in [5.41, 5.74) is 0.964. The van der Waals surface area contributed by atoms with Gasteiger partial charge in [-0.2, -0.15) is 0 Å². The number of hydrogen-bond donors (Lipinski definition) is 1. The van der Waals surface area contributed by atoms with Gasteiger partial charge in [0.25, 0.3) is 5.69 Å². The van der Waals surface area contributed by atoms with Crippen molar-refractivity contribution in [1.82, 2.24) is 10.2 Å². The molecular formula is C15H23N3O3. The molecule has 1 rings (SSSR count). The lowest BCUT2D eigenvalue weighted by Gasteiger charge is -2.27.